The Labute approximate surface area is 121 Å². The molecule has 3 heterocycles. The van der Waals surface area contributed by atoms with Crippen LogP contribution in [0.1, 0.15) is 29.9 Å². The minimum atomic E-state index is -0.881. The monoisotopic (exact) mass is 288 g/mol. The summed E-state index contributed by atoms with van der Waals surface area (Å²) in [6.45, 7) is 6.18. The Balaban J connectivity index is 1.99. The number of nitrogens with one attached hydrogen (secondary N) is 1. The molecule has 1 aliphatic rings. The van der Waals surface area contributed by atoms with E-state index in [1.54, 1.807) is 31.7 Å². The number of amides is 2. The van der Waals surface area contributed by atoms with Gasteiger partial charge in [0.25, 0.3) is 11.6 Å². The van der Waals surface area contributed by atoms with Gasteiger partial charge in [-0.2, -0.15) is 0 Å². The van der Waals surface area contributed by atoms with E-state index in [1.165, 1.54) is 6.20 Å². The zero-order valence-corrected chi connectivity index (χ0v) is 12.1. The van der Waals surface area contributed by atoms with Crippen LogP contribution in [-0.4, -0.2) is 45.5 Å². The van der Waals surface area contributed by atoms with Crippen LogP contribution in [0.2, 0.25) is 0 Å². The molecule has 1 saturated heterocycles. The number of nitrogens with zero attached hydrogens (tertiary/aromatic N) is 3. The summed E-state index contributed by atoms with van der Waals surface area (Å²) in [5, 5.41) is 7.30. The summed E-state index contributed by atoms with van der Waals surface area (Å²) in [6, 6.07) is 1.71. The number of hydrogen-bond acceptors (Lipinski definition) is 5. The molecule has 1 aliphatic heterocycles. The van der Waals surface area contributed by atoms with Crippen molar-refractivity contribution in [2.24, 2.45) is 0 Å². The molecule has 3 rings (SSSR count). The fourth-order valence-electron chi connectivity index (χ4n) is 2.47. The van der Waals surface area contributed by atoms with E-state index >= 15 is 0 Å². The fourth-order valence-corrected chi connectivity index (χ4v) is 2.47. The molecule has 0 aliphatic carbocycles. The quantitative estimate of drug-likeness (QED) is 0.841. The summed E-state index contributed by atoms with van der Waals surface area (Å²) in [6.07, 6.45) is 1.46. The predicted octanol–water partition coefficient (Wildman–Crippen LogP) is 0.882. The van der Waals surface area contributed by atoms with Crippen molar-refractivity contribution in [1.29, 1.82) is 0 Å². The van der Waals surface area contributed by atoms with Crippen molar-refractivity contribution in [2.75, 3.05) is 13.1 Å². The van der Waals surface area contributed by atoms with Gasteiger partial charge in [-0.15, -0.1) is 0 Å². The second kappa shape index (κ2) is 4.54. The second-order valence-electron chi connectivity index (χ2n) is 5.62. The number of pyridine rings is 1. The number of rotatable bonds is 1. The molecule has 7 nitrogen and oxygen atoms in total. The lowest BCUT2D eigenvalue weighted by Crippen LogP contribution is -2.63. The minimum absolute atomic E-state index is 0.155. The predicted molar refractivity (Wildman–Crippen MR) is 74.7 cm³/mol. The van der Waals surface area contributed by atoms with Gasteiger partial charge in [0.05, 0.1) is 16.6 Å². The topological polar surface area (TPSA) is 88.3 Å². The van der Waals surface area contributed by atoms with Gasteiger partial charge in [-0.3, -0.25) is 9.59 Å². The highest BCUT2D eigenvalue weighted by Crippen LogP contribution is 2.23. The van der Waals surface area contributed by atoms with E-state index in [4.69, 9.17) is 4.52 Å². The van der Waals surface area contributed by atoms with E-state index in [9.17, 15) is 9.59 Å². The van der Waals surface area contributed by atoms with E-state index in [2.05, 4.69) is 15.5 Å². The molecule has 0 unspecified atom stereocenters. The average molecular weight is 288 g/mol. The maximum atomic E-state index is 12.7. The fraction of sp³-hybridized carbons (Fsp3) is 0.429. The Kier molecular flexibility index (Phi) is 2.93. The Morgan fingerprint density at radius 2 is 2.24 bits per heavy atom. The Hall–Kier alpha value is -2.44. The molecule has 1 N–H and O–H groups in total. The van der Waals surface area contributed by atoms with Crippen LogP contribution < -0.4 is 5.32 Å². The molecule has 7 heteroatoms. The first-order valence-electron chi connectivity index (χ1n) is 6.73. The second-order valence-corrected chi connectivity index (χ2v) is 5.62. The number of piperazine rings is 1. The van der Waals surface area contributed by atoms with Gasteiger partial charge in [0, 0.05) is 19.3 Å². The maximum Gasteiger partial charge on any atom is 0.257 e. The van der Waals surface area contributed by atoms with Gasteiger partial charge in [0.15, 0.2) is 0 Å². The lowest BCUT2D eigenvalue weighted by Gasteiger charge is -2.41. The molecule has 1 fully saturated rings. The number of hydrogen-bond donors (Lipinski definition) is 1. The van der Waals surface area contributed by atoms with E-state index in [0.29, 0.717) is 35.4 Å². The first kappa shape index (κ1) is 13.5. The van der Waals surface area contributed by atoms with Crippen LogP contribution in [0.3, 0.4) is 0 Å². The van der Waals surface area contributed by atoms with Gasteiger partial charge >= 0.3 is 0 Å². The molecule has 0 atom stereocenters. The van der Waals surface area contributed by atoms with Crippen LogP contribution in [0.5, 0.6) is 0 Å². The lowest BCUT2D eigenvalue weighted by atomic mass is 9.97. The smallest absolute Gasteiger partial charge is 0.257 e. The third kappa shape index (κ3) is 2.05. The lowest BCUT2D eigenvalue weighted by molar-refractivity contribution is -0.133. The summed E-state index contributed by atoms with van der Waals surface area (Å²) in [5.74, 6) is -0.373. The molecule has 2 aromatic heterocycles. The van der Waals surface area contributed by atoms with Gasteiger partial charge in [0.1, 0.15) is 5.54 Å². The molecule has 2 aromatic rings. The first-order chi connectivity index (χ1) is 9.91. The Morgan fingerprint density at radius 3 is 3.00 bits per heavy atom. The average Bonchev–Trinajstić information content (AvgIpc) is 2.82. The normalized spacial score (nSPS) is 17.9. The van der Waals surface area contributed by atoms with Crippen LogP contribution >= 0.6 is 0 Å². The maximum absolute atomic E-state index is 12.7. The summed E-state index contributed by atoms with van der Waals surface area (Å²) in [4.78, 5) is 30.3. The number of aromatic nitrogens is 2. The van der Waals surface area contributed by atoms with Crippen molar-refractivity contribution in [3.8, 4) is 0 Å². The minimum Gasteiger partial charge on any atom is -0.352 e. The number of fused-ring (bicyclic) bond motifs is 1. The van der Waals surface area contributed by atoms with Gasteiger partial charge < -0.3 is 14.7 Å². The standard InChI is InChI=1S/C14H16N4O3/c1-8-10-6-9(7-16-11(10)21-17-8)12(19)18-5-4-15-13(20)14(18,2)3/h6-7H,4-5H2,1-3H3,(H,15,20). The van der Waals surface area contributed by atoms with Crippen molar-refractivity contribution < 1.29 is 14.1 Å². The third-order valence-electron chi connectivity index (χ3n) is 3.85. The summed E-state index contributed by atoms with van der Waals surface area (Å²) in [5.41, 5.74) is 0.632. The summed E-state index contributed by atoms with van der Waals surface area (Å²) in [7, 11) is 0. The third-order valence-corrected chi connectivity index (χ3v) is 3.85. The van der Waals surface area contributed by atoms with Crippen molar-refractivity contribution in [3.05, 3.63) is 23.5 Å². The van der Waals surface area contributed by atoms with Crippen LogP contribution in [0.15, 0.2) is 16.8 Å². The van der Waals surface area contributed by atoms with Crippen LogP contribution in [-0.2, 0) is 4.79 Å². The van der Waals surface area contributed by atoms with E-state index in [-0.39, 0.29) is 11.8 Å². The van der Waals surface area contributed by atoms with E-state index in [0.717, 1.165) is 0 Å². The van der Waals surface area contributed by atoms with Crippen molar-refractivity contribution in [3.63, 3.8) is 0 Å². The molecule has 2 amide bonds. The largest absolute Gasteiger partial charge is 0.352 e. The highest BCUT2D eigenvalue weighted by Gasteiger charge is 2.40. The molecule has 110 valence electrons. The number of carbonyl (C=O) groups is 2. The van der Waals surface area contributed by atoms with Gasteiger partial charge in [-0.25, -0.2) is 4.98 Å². The van der Waals surface area contributed by atoms with Gasteiger partial charge in [0.2, 0.25) is 5.91 Å². The molecule has 0 bridgehead atoms. The number of aryl methyl sites for hydroxylation is 1. The molecular weight excluding hydrogens is 272 g/mol. The molecule has 0 radical (unpaired) electrons. The van der Waals surface area contributed by atoms with Crippen molar-refractivity contribution in [2.45, 2.75) is 26.3 Å². The van der Waals surface area contributed by atoms with Crippen LogP contribution in [0.4, 0.5) is 0 Å². The first-order valence-corrected chi connectivity index (χ1v) is 6.73. The van der Waals surface area contributed by atoms with Crippen LogP contribution in [0, 0.1) is 6.92 Å². The summed E-state index contributed by atoms with van der Waals surface area (Å²) < 4.78 is 5.04. The van der Waals surface area contributed by atoms with Crippen molar-refractivity contribution in [1.82, 2.24) is 20.4 Å². The molecular formula is C14H16N4O3. The zero-order valence-electron chi connectivity index (χ0n) is 12.1. The molecule has 0 spiro atoms. The zero-order chi connectivity index (χ0) is 15.2. The van der Waals surface area contributed by atoms with Crippen molar-refractivity contribution >= 4 is 22.9 Å². The van der Waals surface area contributed by atoms with E-state index in [1.807, 2.05) is 0 Å². The molecule has 0 saturated carbocycles. The highest BCUT2D eigenvalue weighted by molar-refractivity contribution is 6.01. The molecule has 0 aromatic carbocycles. The van der Waals surface area contributed by atoms with Gasteiger partial charge in [-0.1, -0.05) is 5.16 Å². The SMILES string of the molecule is Cc1noc2ncc(C(=O)N3CCNC(=O)C3(C)C)cc12. The number of carbonyl (C=O) groups excluding carboxylic acids is 2. The summed E-state index contributed by atoms with van der Waals surface area (Å²) >= 11 is 0. The Bertz CT molecular complexity index is 735. The van der Waals surface area contributed by atoms with Gasteiger partial charge in [-0.05, 0) is 26.8 Å². The van der Waals surface area contributed by atoms with E-state index < -0.39 is 5.54 Å². The molecule has 21 heavy (non-hydrogen) atoms. The van der Waals surface area contributed by atoms with Crippen LogP contribution in [0.25, 0.3) is 11.1 Å². The highest BCUT2D eigenvalue weighted by atomic mass is 16.5. The Morgan fingerprint density at radius 1 is 1.48 bits per heavy atom.